The van der Waals surface area contributed by atoms with Gasteiger partial charge in [-0.2, -0.15) is 10.2 Å². The molecule has 1 amide bonds. The largest absolute Gasteiger partial charge is 0.271 e. The van der Waals surface area contributed by atoms with Crippen molar-refractivity contribution >= 4 is 23.5 Å². The Morgan fingerprint density at radius 1 is 1.07 bits per heavy atom. The number of benzene rings is 2. The van der Waals surface area contributed by atoms with Gasteiger partial charge in [-0.05, 0) is 42.6 Å². The standard InChI is InChI=1S/C22H18N4OS/c1-16-9-11-17(12-10-16)22(27)24-23-14-18-15-26(19-6-3-2-4-7-19)25-21(18)20-8-5-13-28-20/h2-15H,1H3,(H,24,27)/b23-14-. The first-order valence-electron chi connectivity index (χ1n) is 8.80. The predicted molar refractivity (Wildman–Crippen MR) is 113 cm³/mol. The Labute approximate surface area is 167 Å². The van der Waals surface area contributed by atoms with E-state index in [9.17, 15) is 4.79 Å². The van der Waals surface area contributed by atoms with E-state index in [-0.39, 0.29) is 5.91 Å². The maximum Gasteiger partial charge on any atom is 0.271 e. The molecule has 0 bridgehead atoms. The molecule has 2 heterocycles. The lowest BCUT2D eigenvalue weighted by Gasteiger charge is -2.00. The van der Waals surface area contributed by atoms with E-state index in [1.807, 2.05) is 77.8 Å². The van der Waals surface area contributed by atoms with Gasteiger partial charge >= 0.3 is 0 Å². The monoisotopic (exact) mass is 386 g/mol. The summed E-state index contributed by atoms with van der Waals surface area (Å²) in [5.41, 5.74) is 6.88. The third-order valence-electron chi connectivity index (χ3n) is 4.20. The molecule has 2 aromatic heterocycles. The second kappa shape index (κ2) is 8.02. The Balaban J connectivity index is 1.59. The van der Waals surface area contributed by atoms with Crippen molar-refractivity contribution in [2.24, 2.45) is 5.10 Å². The van der Waals surface area contributed by atoms with Gasteiger partial charge in [0, 0.05) is 17.3 Å². The molecule has 5 nitrogen and oxygen atoms in total. The maximum atomic E-state index is 12.2. The van der Waals surface area contributed by atoms with Crippen molar-refractivity contribution in [3.05, 3.63) is 95.0 Å². The number of thiophene rings is 1. The number of hydrazone groups is 1. The van der Waals surface area contributed by atoms with E-state index < -0.39 is 0 Å². The summed E-state index contributed by atoms with van der Waals surface area (Å²) in [6.45, 7) is 1.98. The topological polar surface area (TPSA) is 59.3 Å². The van der Waals surface area contributed by atoms with Crippen LogP contribution >= 0.6 is 11.3 Å². The van der Waals surface area contributed by atoms with Gasteiger partial charge in [-0.1, -0.05) is 42.0 Å². The highest BCUT2D eigenvalue weighted by Crippen LogP contribution is 2.26. The van der Waals surface area contributed by atoms with Crippen LogP contribution in [-0.2, 0) is 0 Å². The van der Waals surface area contributed by atoms with Crippen LogP contribution in [0.15, 0.2) is 83.4 Å². The van der Waals surface area contributed by atoms with Gasteiger partial charge in [-0.15, -0.1) is 11.3 Å². The van der Waals surface area contributed by atoms with Crippen LogP contribution in [0.5, 0.6) is 0 Å². The predicted octanol–water partition coefficient (Wildman–Crippen LogP) is 4.67. The number of nitrogens with one attached hydrogen (secondary N) is 1. The Morgan fingerprint density at radius 2 is 1.86 bits per heavy atom. The zero-order valence-corrected chi connectivity index (χ0v) is 16.1. The molecule has 138 valence electrons. The Kier molecular flexibility index (Phi) is 5.12. The second-order valence-corrected chi connectivity index (χ2v) is 7.20. The average Bonchev–Trinajstić information content (AvgIpc) is 3.39. The van der Waals surface area contributed by atoms with Crippen molar-refractivity contribution in [1.29, 1.82) is 0 Å². The molecule has 0 spiro atoms. The maximum absolute atomic E-state index is 12.2. The summed E-state index contributed by atoms with van der Waals surface area (Å²) in [6, 6.07) is 21.3. The lowest BCUT2D eigenvalue weighted by molar-refractivity contribution is 0.0955. The van der Waals surface area contributed by atoms with Gasteiger partial charge in [-0.25, -0.2) is 10.1 Å². The molecule has 0 saturated heterocycles. The van der Waals surface area contributed by atoms with Gasteiger partial charge in [0.15, 0.2) is 0 Å². The molecule has 0 saturated carbocycles. The van der Waals surface area contributed by atoms with E-state index in [0.29, 0.717) is 5.56 Å². The summed E-state index contributed by atoms with van der Waals surface area (Å²) in [5, 5.41) is 10.9. The van der Waals surface area contributed by atoms with E-state index >= 15 is 0 Å². The fraction of sp³-hybridized carbons (Fsp3) is 0.0455. The summed E-state index contributed by atoms with van der Waals surface area (Å²) < 4.78 is 1.82. The lowest BCUT2D eigenvalue weighted by Crippen LogP contribution is -2.17. The van der Waals surface area contributed by atoms with Crippen LogP contribution in [0.3, 0.4) is 0 Å². The number of carbonyl (C=O) groups is 1. The Morgan fingerprint density at radius 3 is 2.57 bits per heavy atom. The van der Waals surface area contributed by atoms with Crippen molar-refractivity contribution in [3.8, 4) is 16.3 Å². The quantitative estimate of drug-likeness (QED) is 0.400. The SMILES string of the molecule is Cc1ccc(C(=O)N/N=C\c2cn(-c3ccccc3)nc2-c2cccs2)cc1. The molecule has 4 aromatic rings. The summed E-state index contributed by atoms with van der Waals surface area (Å²) >= 11 is 1.61. The fourth-order valence-corrected chi connectivity index (χ4v) is 3.46. The molecule has 0 aliphatic heterocycles. The average molecular weight is 386 g/mol. The third kappa shape index (κ3) is 3.92. The molecule has 0 aliphatic rings. The van der Waals surface area contributed by atoms with Gasteiger partial charge in [0.2, 0.25) is 0 Å². The van der Waals surface area contributed by atoms with Crippen LogP contribution in [0.1, 0.15) is 21.5 Å². The Bertz CT molecular complexity index is 1100. The molecular formula is C22H18N4OS. The number of nitrogens with zero attached hydrogens (tertiary/aromatic N) is 3. The molecule has 28 heavy (non-hydrogen) atoms. The van der Waals surface area contributed by atoms with Crippen LogP contribution in [0, 0.1) is 6.92 Å². The van der Waals surface area contributed by atoms with Gasteiger partial charge < -0.3 is 0 Å². The number of aryl methyl sites for hydroxylation is 1. The zero-order valence-electron chi connectivity index (χ0n) is 15.2. The van der Waals surface area contributed by atoms with Gasteiger partial charge in [-0.3, -0.25) is 4.79 Å². The molecule has 1 N–H and O–H groups in total. The third-order valence-corrected chi connectivity index (χ3v) is 5.08. The van der Waals surface area contributed by atoms with Crippen LogP contribution < -0.4 is 5.43 Å². The van der Waals surface area contributed by atoms with Crippen LogP contribution in [0.2, 0.25) is 0 Å². The van der Waals surface area contributed by atoms with Crippen LogP contribution in [0.25, 0.3) is 16.3 Å². The molecule has 6 heteroatoms. The number of aromatic nitrogens is 2. The number of carbonyl (C=O) groups excluding carboxylic acids is 1. The second-order valence-electron chi connectivity index (χ2n) is 6.26. The van der Waals surface area contributed by atoms with E-state index in [0.717, 1.165) is 27.4 Å². The summed E-state index contributed by atoms with van der Waals surface area (Å²) in [7, 11) is 0. The first kappa shape index (κ1) is 17.9. The van der Waals surface area contributed by atoms with E-state index in [2.05, 4.69) is 10.5 Å². The smallest absolute Gasteiger partial charge is 0.267 e. The summed E-state index contributed by atoms with van der Waals surface area (Å²) in [4.78, 5) is 13.3. The molecule has 4 rings (SSSR count). The lowest BCUT2D eigenvalue weighted by atomic mass is 10.1. The van der Waals surface area contributed by atoms with Gasteiger partial charge in [0.25, 0.3) is 5.91 Å². The molecule has 0 unspecified atom stereocenters. The number of hydrogen-bond donors (Lipinski definition) is 1. The fourth-order valence-electron chi connectivity index (χ4n) is 2.73. The molecular weight excluding hydrogens is 368 g/mol. The normalized spacial score (nSPS) is 11.0. The first-order valence-corrected chi connectivity index (χ1v) is 9.68. The molecule has 2 aromatic carbocycles. The highest BCUT2D eigenvalue weighted by Gasteiger charge is 2.12. The molecule has 0 aliphatic carbocycles. The minimum absolute atomic E-state index is 0.246. The minimum atomic E-state index is -0.246. The van der Waals surface area contributed by atoms with Crippen LogP contribution in [-0.4, -0.2) is 21.9 Å². The minimum Gasteiger partial charge on any atom is -0.267 e. The molecule has 0 fully saturated rings. The van der Waals surface area contributed by atoms with Crippen molar-refractivity contribution in [1.82, 2.24) is 15.2 Å². The van der Waals surface area contributed by atoms with Crippen molar-refractivity contribution < 1.29 is 4.79 Å². The van der Waals surface area contributed by atoms with Crippen molar-refractivity contribution in [2.75, 3.05) is 0 Å². The van der Waals surface area contributed by atoms with Crippen molar-refractivity contribution in [3.63, 3.8) is 0 Å². The summed E-state index contributed by atoms with van der Waals surface area (Å²) in [5.74, 6) is -0.246. The van der Waals surface area contributed by atoms with Gasteiger partial charge in [0.05, 0.1) is 16.8 Å². The molecule has 0 radical (unpaired) electrons. The highest BCUT2D eigenvalue weighted by atomic mass is 32.1. The first-order chi connectivity index (χ1) is 13.7. The van der Waals surface area contributed by atoms with Gasteiger partial charge in [0.1, 0.15) is 5.69 Å². The van der Waals surface area contributed by atoms with E-state index in [1.165, 1.54) is 0 Å². The number of para-hydroxylation sites is 1. The summed E-state index contributed by atoms with van der Waals surface area (Å²) in [6.07, 6.45) is 3.54. The number of hydrogen-bond acceptors (Lipinski definition) is 4. The Hall–Kier alpha value is -3.51. The number of rotatable bonds is 5. The zero-order chi connectivity index (χ0) is 19.3. The van der Waals surface area contributed by atoms with Crippen molar-refractivity contribution in [2.45, 2.75) is 6.92 Å². The van der Waals surface area contributed by atoms with E-state index in [1.54, 1.807) is 29.7 Å². The molecule has 0 atom stereocenters. The van der Waals surface area contributed by atoms with Crippen LogP contribution in [0.4, 0.5) is 0 Å². The van der Waals surface area contributed by atoms with E-state index in [4.69, 9.17) is 5.10 Å². The highest BCUT2D eigenvalue weighted by molar-refractivity contribution is 7.13. The number of amides is 1.